The van der Waals surface area contributed by atoms with Crippen molar-refractivity contribution >= 4 is 33.3 Å². The van der Waals surface area contributed by atoms with E-state index in [0.29, 0.717) is 0 Å². The highest BCUT2D eigenvalue weighted by atomic mass is 79.9. The van der Waals surface area contributed by atoms with Crippen LogP contribution in [0.25, 0.3) is 0 Å². The molecule has 1 fully saturated rings. The highest BCUT2D eigenvalue weighted by Gasteiger charge is 2.32. The molecule has 0 spiro atoms. The van der Waals surface area contributed by atoms with Gasteiger partial charge in [-0.25, -0.2) is 4.98 Å². The van der Waals surface area contributed by atoms with E-state index in [4.69, 9.17) is 0 Å². The number of aryl methyl sites for hydroxylation is 1. The van der Waals surface area contributed by atoms with Crippen LogP contribution >= 0.6 is 15.9 Å². The number of rotatable bonds is 4. The van der Waals surface area contributed by atoms with Gasteiger partial charge in [-0.3, -0.25) is 9.69 Å². The Labute approximate surface area is 157 Å². The van der Waals surface area contributed by atoms with Crippen LogP contribution in [0.3, 0.4) is 0 Å². The van der Waals surface area contributed by atoms with Crippen molar-refractivity contribution in [3.8, 4) is 0 Å². The summed E-state index contributed by atoms with van der Waals surface area (Å²) in [5, 5.41) is 3.05. The predicted molar refractivity (Wildman–Crippen MR) is 103 cm³/mol. The van der Waals surface area contributed by atoms with Crippen molar-refractivity contribution in [1.29, 1.82) is 0 Å². The van der Waals surface area contributed by atoms with Crippen molar-refractivity contribution < 1.29 is 14.7 Å². The van der Waals surface area contributed by atoms with Gasteiger partial charge in [0.05, 0.1) is 11.9 Å². The van der Waals surface area contributed by atoms with Gasteiger partial charge in [0.1, 0.15) is 26.2 Å². The molecule has 132 valence electrons. The lowest BCUT2D eigenvalue weighted by molar-refractivity contribution is -0.914. The molecule has 1 atom stereocenters. The second-order valence-electron chi connectivity index (χ2n) is 6.59. The molecule has 5 nitrogen and oxygen atoms in total. The number of hydrogen-bond acceptors (Lipinski definition) is 2. The molecule has 0 unspecified atom stereocenters. The van der Waals surface area contributed by atoms with E-state index in [9.17, 15) is 4.79 Å². The SMILES string of the molecule is Cc1ccc(NC(=O)[C@H](C)[NH+]2CCN(c3cccc[nH+]3)CC2)c(Br)c1. The summed E-state index contributed by atoms with van der Waals surface area (Å²) in [5.41, 5.74) is 2.00. The van der Waals surface area contributed by atoms with Crippen molar-refractivity contribution in [2.45, 2.75) is 19.9 Å². The number of pyridine rings is 1. The second-order valence-corrected chi connectivity index (χ2v) is 7.44. The van der Waals surface area contributed by atoms with Crippen LogP contribution in [0, 0.1) is 6.92 Å². The Hall–Kier alpha value is -1.92. The number of piperazine rings is 1. The molecule has 3 N–H and O–H groups in total. The molecule has 0 saturated carbocycles. The third-order valence-corrected chi connectivity index (χ3v) is 5.48. The van der Waals surface area contributed by atoms with Gasteiger partial charge in [-0.15, -0.1) is 0 Å². The van der Waals surface area contributed by atoms with Gasteiger partial charge >= 0.3 is 0 Å². The maximum absolute atomic E-state index is 12.6. The number of carbonyl (C=O) groups is 1. The first kappa shape index (κ1) is 17.9. The molecule has 1 aliphatic rings. The molecular formula is C19H25BrN4O+2. The summed E-state index contributed by atoms with van der Waals surface area (Å²) in [6, 6.07) is 12.0. The zero-order valence-electron chi connectivity index (χ0n) is 14.7. The van der Waals surface area contributed by atoms with E-state index in [1.54, 1.807) is 0 Å². The number of benzene rings is 1. The van der Waals surface area contributed by atoms with E-state index in [1.807, 2.05) is 50.4 Å². The smallest absolute Gasteiger partial charge is 0.282 e. The minimum absolute atomic E-state index is 0.0688. The lowest BCUT2D eigenvalue weighted by atomic mass is 10.2. The lowest BCUT2D eigenvalue weighted by Gasteiger charge is -2.31. The quantitative estimate of drug-likeness (QED) is 0.806. The van der Waals surface area contributed by atoms with Crippen molar-refractivity contribution in [2.75, 3.05) is 36.4 Å². The minimum Gasteiger partial charge on any atom is -0.320 e. The van der Waals surface area contributed by atoms with Crippen LogP contribution in [0.15, 0.2) is 47.1 Å². The Morgan fingerprint density at radius 1 is 1.28 bits per heavy atom. The maximum atomic E-state index is 12.6. The summed E-state index contributed by atoms with van der Waals surface area (Å²) in [5.74, 6) is 1.21. The van der Waals surface area contributed by atoms with Gasteiger partial charge in [-0.2, -0.15) is 0 Å². The number of H-pyrrole nitrogens is 1. The van der Waals surface area contributed by atoms with Crippen molar-refractivity contribution in [3.05, 3.63) is 52.6 Å². The summed E-state index contributed by atoms with van der Waals surface area (Å²) >= 11 is 3.52. The second kappa shape index (κ2) is 7.97. The normalized spacial score (nSPS) is 16.5. The minimum atomic E-state index is -0.0740. The number of halogens is 1. The number of aromatic nitrogens is 1. The standard InChI is InChI=1S/C19H23BrN4O/c1-14-6-7-17(16(20)13-14)22-19(25)15(2)23-9-11-24(12-10-23)18-5-3-4-8-21-18/h3-8,13,15H,9-12H2,1-2H3,(H,22,25)/p+2/t15-/m0/s1. The molecule has 25 heavy (non-hydrogen) atoms. The predicted octanol–water partition coefficient (Wildman–Crippen LogP) is 1.30. The third kappa shape index (κ3) is 4.38. The fourth-order valence-electron chi connectivity index (χ4n) is 3.20. The van der Waals surface area contributed by atoms with Crippen LogP contribution in [0.4, 0.5) is 11.5 Å². The molecular weight excluding hydrogens is 380 g/mol. The van der Waals surface area contributed by atoms with Crippen LogP contribution < -0.4 is 20.1 Å². The van der Waals surface area contributed by atoms with E-state index in [0.717, 1.165) is 47.7 Å². The number of quaternary nitrogens is 1. The fraction of sp³-hybridized carbons (Fsp3) is 0.368. The molecule has 1 amide bonds. The molecule has 0 aliphatic carbocycles. The zero-order valence-corrected chi connectivity index (χ0v) is 16.3. The Kier molecular flexibility index (Phi) is 5.71. The first-order chi connectivity index (χ1) is 12.0. The molecule has 6 heteroatoms. The number of hydrogen-bond donors (Lipinski definition) is 2. The summed E-state index contributed by atoms with van der Waals surface area (Å²) in [7, 11) is 0. The topological polar surface area (TPSA) is 50.9 Å². The van der Waals surface area contributed by atoms with Gasteiger partial charge < -0.3 is 10.2 Å². The van der Waals surface area contributed by atoms with Crippen LogP contribution in [0.2, 0.25) is 0 Å². The molecule has 0 radical (unpaired) electrons. The number of aromatic amines is 1. The van der Waals surface area contributed by atoms with Crippen LogP contribution in [-0.2, 0) is 4.79 Å². The molecule has 3 rings (SSSR count). The molecule has 1 aromatic carbocycles. The number of nitrogens with one attached hydrogen (secondary N) is 3. The van der Waals surface area contributed by atoms with Gasteiger partial charge in [-0.1, -0.05) is 12.1 Å². The van der Waals surface area contributed by atoms with Crippen LogP contribution in [0.1, 0.15) is 12.5 Å². The van der Waals surface area contributed by atoms with E-state index < -0.39 is 0 Å². The molecule has 1 aliphatic heterocycles. The molecule has 1 aromatic heterocycles. The highest BCUT2D eigenvalue weighted by Crippen LogP contribution is 2.23. The number of carbonyl (C=O) groups excluding carboxylic acids is 1. The summed E-state index contributed by atoms with van der Waals surface area (Å²) < 4.78 is 0.924. The lowest BCUT2D eigenvalue weighted by Crippen LogP contribution is -3.19. The Balaban J connectivity index is 1.56. The third-order valence-electron chi connectivity index (χ3n) is 4.83. The van der Waals surface area contributed by atoms with Gasteiger partial charge in [0, 0.05) is 10.5 Å². The summed E-state index contributed by atoms with van der Waals surface area (Å²) in [6.45, 7) is 7.84. The maximum Gasteiger partial charge on any atom is 0.282 e. The van der Waals surface area contributed by atoms with Crippen molar-refractivity contribution in [1.82, 2.24) is 0 Å². The summed E-state index contributed by atoms with van der Waals surface area (Å²) in [6.07, 6.45) is 1.95. The monoisotopic (exact) mass is 404 g/mol. The average molecular weight is 405 g/mol. The fourth-order valence-corrected chi connectivity index (χ4v) is 3.79. The number of nitrogens with zero attached hydrogens (tertiary/aromatic N) is 1. The molecule has 1 saturated heterocycles. The van der Waals surface area contributed by atoms with Gasteiger partial charge in [0.25, 0.3) is 11.7 Å². The van der Waals surface area contributed by atoms with Crippen LogP contribution in [0.5, 0.6) is 0 Å². The molecule has 2 heterocycles. The van der Waals surface area contributed by atoms with E-state index >= 15 is 0 Å². The van der Waals surface area contributed by atoms with Crippen molar-refractivity contribution in [3.63, 3.8) is 0 Å². The van der Waals surface area contributed by atoms with Crippen LogP contribution in [-0.4, -0.2) is 38.1 Å². The average Bonchev–Trinajstić information content (AvgIpc) is 2.64. The largest absolute Gasteiger partial charge is 0.320 e. The Bertz CT molecular complexity index is 729. The first-order valence-electron chi connectivity index (χ1n) is 8.68. The van der Waals surface area contributed by atoms with E-state index in [2.05, 4.69) is 37.2 Å². The van der Waals surface area contributed by atoms with Crippen molar-refractivity contribution in [2.24, 2.45) is 0 Å². The first-order valence-corrected chi connectivity index (χ1v) is 9.47. The van der Waals surface area contributed by atoms with Gasteiger partial charge in [0.2, 0.25) is 0 Å². The van der Waals surface area contributed by atoms with Gasteiger partial charge in [0.15, 0.2) is 6.04 Å². The zero-order chi connectivity index (χ0) is 17.8. The number of amides is 1. The Morgan fingerprint density at radius 2 is 2.04 bits per heavy atom. The number of anilines is 2. The summed E-state index contributed by atoms with van der Waals surface area (Å²) in [4.78, 5) is 19.6. The highest BCUT2D eigenvalue weighted by molar-refractivity contribution is 9.10. The molecule has 0 bridgehead atoms. The molecule has 2 aromatic rings. The van der Waals surface area contributed by atoms with Gasteiger partial charge in [-0.05, 0) is 53.5 Å². The van der Waals surface area contributed by atoms with E-state index in [-0.39, 0.29) is 11.9 Å². The van der Waals surface area contributed by atoms with E-state index in [1.165, 1.54) is 4.90 Å². The Morgan fingerprint density at radius 3 is 2.68 bits per heavy atom.